The van der Waals surface area contributed by atoms with Gasteiger partial charge in [0, 0.05) is 19.1 Å². The van der Waals surface area contributed by atoms with E-state index in [4.69, 9.17) is 0 Å². The van der Waals surface area contributed by atoms with Gasteiger partial charge in [-0.05, 0) is 38.8 Å². The lowest BCUT2D eigenvalue weighted by Gasteiger charge is -2.40. The van der Waals surface area contributed by atoms with Crippen LogP contribution in [0.25, 0.3) is 0 Å². The van der Waals surface area contributed by atoms with Crippen LogP contribution < -0.4 is 5.32 Å². The molecule has 1 heterocycles. The Balaban J connectivity index is 1.81. The van der Waals surface area contributed by atoms with Crippen molar-refractivity contribution >= 4 is 0 Å². The molecule has 0 spiro atoms. The number of piperidine rings is 1. The van der Waals surface area contributed by atoms with E-state index in [0.29, 0.717) is 6.04 Å². The standard InChI is InChI=1S/C14H28N2O/c1-2-15-13-7-6-10-16(11-13)12-14(17)8-4-3-5-9-14/h13,15,17H,2-12H2,1H3. The zero-order valence-corrected chi connectivity index (χ0v) is 11.2. The number of nitrogens with one attached hydrogen (secondary N) is 1. The highest BCUT2D eigenvalue weighted by atomic mass is 16.3. The Morgan fingerprint density at radius 3 is 2.71 bits per heavy atom. The summed E-state index contributed by atoms with van der Waals surface area (Å²) < 4.78 is 0. The van der Waals surface area contributed by atoms with Gasteiger partial charge in [0.15, 0.2) is 0 Å². The predicted octanol–water partition coefficient (Wildman–Crippen LogP) is 1.76. The third-order valence-corrected chi connectivity index (χ3v) is 4.30. The van der Waals surface area contributed by atoms with Crippen LogP contribution in [-0.4, -0.2) is 47.8 Å². The molecular weight excluding hydrogens is 212 g/mol. The van der Waals surface area contributed by atoms with E-state index in [9.17, 15) is 5.11 Å². The highest BCUT2D eigenvalue weighted by Crippen LogP contribution is 2.29. The van der Waals surface area contributed by atoms with E-state index in [1.807, 2.05) is 0 Å². The number of nitrogens with zero attached hydrogens (tertiary/aromatic N) is 1. The molecule has 1 saturated carbocycles. The second-order valence-electron chi connectivity index (χ2n) is 5.92. The minimum atomic E-state index is -0.383. The lowest BCUT2D eigenvalue weighted by molar-refractivity contribution is -0.0321. The highest BCUT2D eigenvalue weighted by Gasteiger charge is 2.32. The van der Waals surface area contributed by atoms with E-state index < -0.39 is 0 Å². The number of hydrogen-bond donors (Lipinski definition) is 2. The Labute approximate surface area is 106 Å². The third-order valence-electron chi connectivity index (χ3n) is 4.30. The van der Waals surface area contributed by atoms with Gasteiger partial charge in [-0.15, -0.1) is 0 Å². The number of likely N-dealkylation sites (tertiary alicyclic amines) is 1. The summed E-state index contributed by atoms with van der Waals surface area (Å²) in [7, 11) is 0. The van der Waals surface area contributed by atoms with Gasteiger partial charge in [-0.3, -0.25) is 4.90 Å². The van der Waals surface area contributed by atoms with E-state index in [2.05, 4.69) is 17.1 Å². The molecule has 2 N–H and O–H groups in total. The molecule has 0 aromatic rings. The molecule has 17 heavy (non-hydrogen) atoms. The number of rotatable bonds is 4. The normalized spacial score (nSPS) is 30.4. The molecule has 1 aliphatic heterocycles. The summed E-state index contributed by atoms with van der Waals surface area (Å²) in [6.45, 7) is 6.42. The molecule has 2 rings (SSSR count). The van der Waals surface area contributed by atoms with Gasteiger partial charge < -0.3 is 10.4 Å². The first-order valence-electron chi connectivity index (χ1n) is 7.40. The molecule has 2 aliphatic rings. The molecule has 1 aliphatic carbocycles. The summed E-state index contributed by atoms with van der Waals surface area (Å²) in [5.74, 6) is 0. The zero-order valence-electron chi connectivity index (χ0n) is 11.2. The fraction of sp³-hybridized carbons (Fsp3) is 1.00. The summed E-state index contributed by atoms with van der Waals surface area (Å²) in [6, 6.07) is 0.640. The molecule has 3 heteroatoms. The fourth-order valence-electron chi connectivity index (χ4n) is 3.44. The van der Waals surface area contributed by atoms with Crippen molar-refractivity contribution < 1.29 is 5.11 Å². The first-order chi connectivity index (χ1) is 8.22. The SMILES string of the molecule is CCNC1CCCN(CC2(O)CCCCC2)C1. The predicted molar refractivity (Wildman–Crippen MR) is 71.2 cm³/mol. The molecule has 0 bridgehead atoms. The summed E-state index contributed by atoms with van der Waals surface area (Å²) in [5, 5.41) is 14.1. The van der Waals surface area contributed by atoms with E-state index in [1.54, 1.807) is 0 Å². The number of likely N-dealkylation sites (N-methyl/N-ethyl adjacent to an activating group) is 1. The van der Waals surface area contributed by atoms with E-state index >= 15 is 0 Å². The van der Waals surface area contributed by atoms with Crippen LogP contribution in [0, 0.1) is 0 Å². The molecular formula is C14H28N2O. The maximum absolute atomic E-state index is 10.6. The van der Waals surface area contributed by atoms with Crippen molar-refractivity contribution in [2.24, 2.45) is 0 Å². The first kappa shape index (κ1) is 13.3. The van der Waals surface area contributed by atoms with E-state index in [-0.39, 0.29) is 5.60 Å². The van der Waals surface area contributed by atoms with Crippen molar-refractivity contribution in [3.63, 3.8) is 0 Å². The smallest absolute Gasteiger partial charge is 0.0774 e. The van der Waals surface area contributed by atoms with Crippen LogP contribution in [0.1, 0.15) is 51.9 Å². The Bertz CT molecular complexity index is 224. The van der Waals surface area contributed by atoms with Gasteiger partial charge in [0.2, 0.25) is 0 Å². The van der Waals surface area contributed by atoms with Gasteiger partial charge in [0.05, 0.1) is 5.60 Å². The minimum Gasteiger partial charge on any atom is -0.389 e. The molecule has 2 fully saturated rings. The Kier molecular flexibility index (Phi) is 4.83. The number of hydrogen-bond acceptors (Lipinski definition) is 3. The molecule has 0 amide bonds. The quantitative estimate of drug-likeness (QED) is 0.786. The molecule has 1 unspecified atom stereocenters. The second-order valence-corrected chi connectivity index (χ2v) is 5.92. The average molecular weight is 240 g/mol. The van der Waals surface area contributed by atoms with Crippen molar-refractivity contribution in [3.05, 3.63) is 0 Å². The molecule has 0 radical (unpaired) electrons. The summed E-state index contributed by atoms with van der Waals surface area (Å²) in [5.41, 5.74) is -0.383. The highest BCUT2D eigenvalue weighted by molar-refractivity contribution is 4.88. The number of β-amino-alcohol motifs (C(OH)–C–C–N with tert-alkyl or cyclic N) is 1. The van der Waals surface area contributed by atoms with Gasteiger partial charge in [0.1, 0.15) is 0 Å². The van der Waals surface area contributed by atoms with Crippen LogP contribution in [0.3, 0.4) is 0 Å². The van der Waals surface area contributed by atoms with Crippen molar-refractivity contribution in [2.45, 2.75) is 63.5 Å². The average Bonchev–Trinajstić information content (AvgIpc) is 2.30. The molecule has 0 aromatic heterocycles. The number of aliphatic hydroxyl groups is 1. The maximum atomic E-state index is 10.6. The monoisotopic (exact) mass is 240 g/mol. The molecule has 0 aromatic carbocycles. The van der Waals surface area contributed by atoms with Gasteiger partial charge >= 0.3 is 0 Å². The summed E-state index contributed by atoms with van der Waals surface area (Å²) >= 11 is 0. The maximum Gasteiger partial charge on any atom is 0.0774 e. The van der Waals surface area contributed by atoms with Crippen molar-refractivity contribution in [3.8, 4) is 0 Å². The molecule has 100 valence electrons. The van der Waals surface area contributed by atoms with Crippen LogP contribution in [0.4, 0.5) is 0 Å². The second kappa shape index (κ2) is 6.17. The first-order valence-corrected chi connectivity index (χ1v) is 7.40. The fourth-order valence-corrected chi connectivity index (χ4v) is 3.44. The van der Waals surface area contributed by atoms with Crippen LogP contribution >= 0.6 is 0 Å². The summed E-state index contributed by atoms with van der Waals surface area (Å²) in [6.07, 6.45) is 8.31. The Hall–Kier alpha value is -0.120. The molecule has 1 atom stereocenters. The zero-order chi connectivity index (χ0) is 12.1. The van der Waals surface area contributed by atoms with Gasteiger partial charge in [-0.1, -0.05) is 26.2 Å². The van der Waals surface area contributed by atoms with E-state index in [1.165, 1.54) is 38.6 Å². The van der Waals surface area contributed by atoms with Crippen LogP contribution in [0.15, 0.2) is 0 Å². The molecule has 3 nitrogen and oxygen atoms in total. The van der Waals surface area contributed by atoms with Crippen molar-refractivity contribution in [1.29, 1.82) is 0 Å². The molecule has 1 saturated heterocycles. The Morgan fingerprint density at radius 1 is 1.24 bits per heavy atom. The van der Waals surface area contributed by atoms with Crippen LogP contribution in [-0.2, 0) is 0 Å². The van der Waals surface area contributed by atoms with Gasteiger partial charge in [-0.25, -0.2) is 0 Å². The third kappa shape index (κ3) is 3.94. The van der Waals surface area contributed by atoms with E-state index in [0.717, 1.165) is 32.5 Å². The largest absolute Gasteiger partial charge is 0.389 e. The Morgan fingerprint density at radius 2 is 2.00 bits per heavy atom. The lowest BCUT2D eigenvalue weighted by Crippen LogP contribution is -2.51. The lowest BCUT2D eigenvalue weighted by atomic mass is 9.84. The topological polar surface area (TPSA) is 35.5 Å². The van der Waals surface area contributed by atoms with Gasteiger partial charge in [0.25, 0.3) is 0 Å². The van der Waals surface area contributed by atoms with Crippen molar-refractivity contribution in [2.75, 3.05) is 26.2 Å². The summed E-state index contributed by atoms with van der Waals surface area (Å²) in [4.78, 5) is 2.47. The van der Waals surface area contributed by atoms with Gasteiger partial charge in [-0.2, -0.15) is 0 Å². The van der Waals surface area contributed by atoms with Crippen LogP contribution in [0.5, 0.6) is 0 Å². The van der Waals surface area contributed by atoms with Crippen molar-refractivity contribution in [1.82, 2.24) is 10.2 Å². The van der Waals surface area contributed by atoms with Crippen LogP contribution in [0.2, 0.25) is 0 Å². The minimum absolute atomic E-state index is 0.383.